The lowest BCUT2D eigenvalue weighted by atomic mass is 10.1. The number of anilines is 2. The molecule has 3 aliphatic heterocycles. The Labute approximate surface area is 251 Å². The molecule has 4 aromatic rings. The zero-order chi connectivity index (χ0) is 30.1. The lowest BCUT2D eigenvalue weighted by Gasteiger charge is -2.26. The SMILES string of the molecule is Nc1ncnc2c1ncn2[C@@H]1OC2CO[P@@](=O)(S)O[C@@H]3C[C@@H](CO[P@](=O)(S)O[C@H]2[C@H]1F)O[C@H]3n1cnc2c(N)ncnc21. The molecule has 4 N–H and O–H groups in total. The summed E-state index contributed by atoms with van der Waals surface area (Å²) in [7, 11) is 0. The largest absolute Gasteiger partial charge is 0.386 e. The molecular weight excluding hydrogens is 653 g/mol. The Hall–Kier alpha value is -2.45. The number of hydrogen-bond acceptors (Lipinski definition) is 16. The van der Waals surface area contributed by atoms with Gasteiger partial charge < -0.3 is 20.9 Å². The highest BCUT2D eigenvalue weighted by molar-refractivity contribution is 8.44. The van der Waals surface area contributed by atoms with Gasteiger partial charge in [0, 0.05) is 6.42 Å². The van der Waals surface area contributed by atoms with E-state index in [-0.39, 0.29) is 35.8 Å². The third-order valence-electron chi connectivity index (χ3n) is 7.08. The summed E-state index contributed by atoms with van der Waals surface area (Å²) in [5.41, 5.74) is 12.8. The van der Waals surface area contributed by atoms with Gasteiger partial charge in [0.05, 0.1) is 32.0 Å². The van der Waals surface area contributed by atoms with Crippen molar-refractivity contribution >= 4 is 72.1 Å². The Morgan fingerprint density at radius 1 is 0.791 bits per heavy atom. The van der Waals surface area contributed by atoms with E-state index in [4.69, 9.17) is 39.0 Å². The summed E-state index contributed by atoms with van der Waals surface area (Å²) in [5, 5.41) is 0. The molecule has 4 aromatic heterocycles. The van der Waals surface area contributed by atoms with Gasteiger partial charge in [-0.15, -0.1) is 0 Å². The summed E-state index contributed by atoms with van der Waals surface area (Å²) < 4.78 is 80.0. The van der Waals surface area contributed by atoms with Gasteiger partial charge in [-0.05, 0) is 0 Å². The van der Waals surface area contributed by atoms with Crippen LogP contribution >= 0.6 is 38.1 Å². The molecule has 23 heteroatoms. The predicted octanol–water partition coefficient (Wildman–Crippen LogP) is 2.25. The maximum absolute atomic E-state index is 16.0. The third-order valence-corrected chi connectivity index (χ3v) is 10.3. The zero-order valence-corrected chi connectivity index (χ0v) is 25.2. The van der Waals surface area contributed by atoms with Crippen LogP contribution in [0.2, 0.25) is 0 Å². The van der Waals surface area contributed by atoms with Crippen LogP contribution in [0.4, 0.5) is 16.0 Å². The Kier molecular flexibility index (Phi) is 7.40. The standard InChI is InChI=1S/C20H23FN10O8P2S2/c21-11-14-10(37-20(11)31-7-29-13-16(23)25-5-27-18(13)31)3-35-40(32,42)38-9-1-8(2-34-41(33,43)39-14)36-19(9)30-6-28-12-15(22)24-4-26-17(12)30/h4-11,14,19-20H,1-3H2,(H,32,42)(H,33,43)(H2,22,24,26)(H2,23,25,27)/t8-,9+,10?,11+,14+,19+,20+,40+,41-/m0/s1. The average Bonchev–Trinajstić information content (AvgIpc) is 3.72. The second kappa shape index (κ2) is 10.9. The lowest BCUT2D eigenvalue weighted by molar-refractivity contribution is -0.0561. The van der Waals surface area contributed by atoms with E-state index in [1.54, 1.807) is 0 Å². The van der Waals surface area contributed by atoms with Gasteiger partial charge in [0.25, 0.3) is 0 Å². The molecule has 7 rings (SSSR count). The molecule has 3 aliphatic rings. The van der Waals surface area contributed by atoms with Crippen LogP contribution in [0.1, 0.15) is 18.9 Å². The first-order chi connectivity index (χ1) is 20.5. The van der Waals surface area contributed by atoms with Crippen molar-refractivity contribution in [2.45, 2.75) is 49.5 Å². The van der Waals surface area contributed by atoms with E-state index in [0.29, 0.717) is 11.2 Å². The summed E-state index contributed by atoms with van der Waals surface area (Å²) in [6, 6.07) is 0. The Morgan fingerprint density at radius 2 is 1.37 bits per heavy atom. The van der Waals surface area contributed by atoms with Gasteiger partial charge in [0.1, 0.15) is 42.0 Å². The molecule has 0 radical (unpaired) electrons. The molecule has 0 amide bonds. The van der Waals surface area contributed by atoms with Gasteiger partial charge in [0.2, 0.25) is 0 Å². The second-order valence-electron chi connectivity index (χ2n) is 9.80. The number of imidazole rings is 2. The van der Waals surface area contributed by atoms with Crippen molar-refractivity contribution in [3.8, 4) is 0 Å². The minimum atomic E-state index is -4.23. The number of hydrogen-bond donors (Lipinski definition) is 4. The third kappa shape index (κ3) is 5.41. The summed E-state index contributed by atoms with van der Waals surface area (Å²) >= 11 is 8.21. The first-order valence-corrected chi connectivity index (χ1v) is 18.0. The molecule has 7 heterocycles. The zero-order valence-electron chi connectivity index (χ0n) is 21.6. The number of nitrogens with two attached hydrogens (primary N) is 2. The van der Waals surface area contributed by atoms with Gasteiger partial charge in [-0.3, -0.25) is 27.2 Å². The maximum atomic E-state index is 16.0. The molecule has 3 fully saturated rings. The van der Waals surface area contributed by atoms with Gasteiger partial charge >= 0.3 is 13.6 Å². The fraction of sp³-hybridized carbons (Fsp3) is 0.500. The van der Waals surface area contributed by atoms with Crippen molar-refractivity contribution < 1.29 is 41.1 Å². The summed E-state index contributed by atoms with van der Waals surface area (Å²) in [5.74, 6) is 0.225. The number of ether oxygens (including phenoxy) is 2. The van der Waals surface area contributed by atoms with Crippen molar-refractivity contribution in [3.63, 3.8) is 0 Å². The first kappa shape index (κ1) is 29.3. The quantitative estimate of drug-likeness (QED) is 0.176. The van der Waals surface area contributed by atoms with E-state index in [1.807, 2.05) is 0 Å². The van der Waals surface area contributed by atoms with Gasteiger partial charge in [-0.2, -0.15) is 0 Å². The molecule has 0 spiro atoms. The van der Waals surface area contributed by atoms with Crippen LogP contribution in [0.5, 0.6) is 0 Å². The van der Waals surface area contributed by atoms with Crippen LogP contribution < -0.4 is 11.5 Å². The van der Waals surface area contributed by atoms with Crippen LogP contribution in [0.25, 0.3) is 22.3 Å². The summed E-state index contributed by atoms with van der Waals surface area (Å²) in [6.45, 7) is -9.23. The van der Waals surface area contributed by atoms with Crippen molar-refractivity contribution in [1.29, 1.82) is 0 Å². The van der Waals surface area contributed by atoms with Gasteiger partial charge in [-0.1, -0.05) is 24.5 Å². The van der Waals surface area contributed by atoms with Crippen LogP contribution in [0.15, 0.2) is 25.3 Å². The van der Waals surface area contributed by atoms with Crippen molar-refractivity contribution in [3.05, 3.63) is 25.3 Å². The molecule has 3 saturated heterocycles. The van der Waals surface area contributed by atoms with Crippen LogP contribution in [0.3, 0.4) is 0 Å². The van der Waals surface area contributed by atoms with Gasteiger partial charge in [0.15, 0.2) is 41.6 Å². The maximum Gasteiger partial charge on any atom is 0.386 e. The predicted molar refractivity (Wildman–Crippen MR) is 152 cm³/mol. The molecule has 43 heavy (non-hydrogen) atoms. The Bertz CT molecular complexity index is 1800. The first-order valence-electron chi connectivity index (χ1n) is 12.6. The minimum absolute atomic E-state index is 0.0791. The number of alkyl halides is 1. The summed E-state index contributed by atoms with van der Waals surface area (Å²) in [4.78, 5) is 24.5. The smallest absolute Gasteiger partial charge is 0.382 e. The number of nitrogens with zero attached hydrogens (tertiary/aromatic N) is 8. The number of rotatable bonds is 2. The van der Waals surface area contributed by atoms with E-state index in [9.17, 15) is 9.13 Å². The van der Waals surface area contributed by atoms with E-state index < -0.39 is 63.2 Å². The molecule has 0 saturated carbocycles. The van der Waals surface area contributed by atoms with E-state index >= 15 is 4.39 Å². The Balaban J connectivity index is 1.18. The highest BCUT2D eigenvalue weighted by atomic mass is 32.7. The van der Waals surface area contributed by atoms with Crippen LogP contribution in [0, 0.1) is 0 Å². The normalized spacial score (nSPS) is 37.1. The van der Waals surface area contributed by atoms with E-state index in [0.717, 1.165) is 0 Å². The van der Waals surface area contributed by atoms with Crippen LogP contribution in [-0.2, 0) is 36.7 Å². The van der Waals surface area contributed by atoms with Crippen molar-refractivity contribution in [1.82, 2.24) is 39.0 Å². The number of fused-ring (bicyclic) bond motifs is 5. The molecule has 2 bridgehead atoms. The van der Waals surface area contributed by atoms with Crippen LogP contribution in [-0.4, -0.2) is 82.8 Å². The minimum Gasteiger partial charge on any atom is -0.382 e. The molecule has 230 valence electrons. The molecule has 1 unspecified atom stereocenters. The lowest BCUT2D eigenvalue weighted by Crippen LogP contribution is -2.33. The second-order valence-corrected chi connectivity index (χ2v) is 15.6. The topological polar surface area (TPSA) is 229 Å². The number of thiol groups is 2. The number of nitrogen functional groups attached to an aromatic ring is 2. The Morgan fingerprint density at radius 3 is 2.02 bits per heavy atom. The van der Waals surface area contributed by atoms with Crippen molar-refractivity contribution in [2.75, 3.05) is 24.7 Å². The monoisotopic (exact) mass is 676 g/mol. The van der Waals surface area contributed by atoms with Gasteiger partial charge in [-0.25, -0.2) is 43.4 Å². The molecular formula is C20H23FN10O8P2S2. The van der Waals surface area contributed by atoms with E-state index in [1.165, 1.54) is 34.4 Å². The molecule has 0 aromatic carbocycles. The fourth-order valence-electron chi connectivity index (χ4n) is 5.18. The molecule has 9 atom stereocenters. The summed E-state index contributed by atoms with van der Waals surface area (Å²) in [6.07, 6.45) is -3.59. The number of halogens is 1. The average molecular weight is 677 g/mol. The highest BCUT2D eigenvalue weighted by Gasteiger charge is 2.52. The van der Waals surface area contributed by atoms with Crippen molar-refractivity contribution in [2.24, 2.45) is 0 Å². The molecule has 0 aliphatic carbocycles. The highest BCUT2D eigenvalue weighted by Crippen LogP contribution is 2.60. The fourth-order valence-corrected chi connectivity index (χ4v) is 8.18. The van der Waals surface area contributed by atoms with E-state index in [2.05, 4.69) is 54.4 Å². The number of aromatic nitrogens is 8. The molecule has 18 nitrogen and oxygen atoms in total.